The van der Waals surface area contributed by atoms with Gasteiger partial charge in [0.2, 0.25) is 0 Å². The topological polar surface area (TPSA) is 27.7 Å². The first-order valence-corrected chi connectivity index (χ1v) is 12.6. The standard InChI is InChI=1S/C10H15F9O3Si3/c1-24(5-2-8(11,12)13)20-23-21-25(22-24,6-3-9(14,15)16)7-4-10(17,18)19/h2-7H2,1H3. The van der Waals surface area contributed by atoms with E-state index in [1.807, 2.05) is 0 Å². The monoisotopic (exact) mass is 438 g/mol. The zero-order valence-electron chi connectivity index (χ0n) is 12.9. The molecule has 0 aromatic carbocycles. The summed E-state index contributed by atoms with van der Waals surface area (Å²) in [6.45, 7) is 1.21. The van der Waals surface area contributed by atoms with Crippen LogP contribution in [0.15, 0.2) is 0 Å². The molecule has 0 aromatic heterocycles. The second-order valence-electron chi connectivity index (χ2n) is 5.78. The molecular weight excluding hydrogens is 423 g/mol. The molecule has 0 spiro atoms. The van der Waals surface area contributed by atoms with Crippen molar-refractivity contribution in [2.45, 2.75) is 62.5 Å². The van der Waals surface area contributed by atoms with E-state index in [1.165, 1.54) is 6.55 Å². The summed E-state index contributed by atoms with van der Waals surface area (Å²) in [7, 11) is -8.49. The lowest BCUT2D eigenvalue weighted by atomic mass is 10.5. The van der Waals surface area contributed by atoms with Gasteiger partial charge in [-0.1, -0.05) is 0 Å². The van der Waals surface area contributed by atoms with Crippen LogP contribution in [0.25, 0.3) is 0 Å². The molecule has 0 aliphatic carbocycles. The molecule has 1 aliphatic heterocycles. The van der Waals surface area contributed by atoms with E-state index >= 15 is 0 Å². The summed E-state index contributed by atoms with van der Waals surface area (Å²) in [5.41, 5.74) is 0. The molecule has 0 bridgehead atoms. The summed E-state index contributed by atoms with van der Waals surface area (Å²) in [6, 6.07) is -2.23. The third-order valence-corrected chi connectivity index (χ3v) is 13.6. The Hall–Kier alpha value is -0.0994. The lowest BCUT2D eigenvalue weighted by Gasteiger charge is -2.43. The fraction of sp³-hybridized carbons (Fsp3) is 1.00. The van der Waals surface area contributed by atoms with Gasteiger partial charge in [-0.3, -0.25) is 0 Å². The van der Waals surface area contributed by atoms with Crippen LogP contribution in [0.5, 0.6) is 0 Å². The summed E-state index contributed by atoms with van der Waals surface area (Å²) in [5.74, 6) is 0. The minimum Gasteiger partial charge on any atom is -0.415 e. The third-order valence-electron chi connectivity index (χ3n) is 3.33. The first-order chi connectivity index (χ1) is 11.0. The van der Waals surface area contributed by atoms with Crippen molar-refractivity contribution in [1.29, 1.82) is 0 Å². The molecule has 1 fully saturated rings. The second-order valence-corrected chi connectivity index (χ2v) is 14.0. The van der Waals surface area contributed by atoms with Crippen LogP contribution >= 0.6 is 0 Å². The van der Waals surface area contributed by atoms with Gasteiger partial charge >= 0.3 is 45.7 Å². The molecule has 1 aliphatic rings. The predicted molar refractivity (Wildman–Crippen MR) is 72.8 cm³/mol. The molecule has 0 N–H and O–H groups in total. The Morgan fingerprint density at radius 2 is 1.08 bits per heavy atom. The SMILES string of the molecule is C[Si]1(CCC(F)(F)F)O[Si]O[Si](CCC(F)(F)F)(CCC(F)(F)F)O1. The molecule has 1 saturated heterocycles. The molecule has 1 unspecified atom stereocenters. The van der Waals surface area contributed by atoms with Gasteiger partial charge in [0, 0.05) is 19.3 Å². The highest BCUT2D eigenvalue weighted by atomic mass is 28.5. The molecule has 1 atom stereocenters. The number of hydrogen-bond donors (Lipinski definition) is 0. The number of hydrogen-bond acceptors (Lipinski definition) is 3. The van der Waals surface area contributed by atoms with Crippen molar-refractivity contribution in [1.82, 2.24) is 0 Å². The van der Waals surface area contributed by atoms with E-state index in [1.54, 1.807) is 0 Å². The van der Waals surface area contributed by atoms with Crippen molar-refractivity contribution in [2.75, 3.05) is 0 Å². The van der Waals surface area contributed by atoms with Crippen molar-refractivity contribution < 1.29 is 51.9 Å². The molecule has 0 amide bonds. The molecule has 25 heavy (non-hydrogen) atoms. The van der Waals surface area contributed by atoms with Gasteiger partial charge in [0.25, 0.3) is 0 Å². The van der Waals surface area contributed by atoms with Crippen molar-refractivity contribution in [3.05, 3.63) is 0 Å². The summed E-state index contributed by atoms with van der Waals surface area (Å²) in [6.07, 6.45) is -18.0. The molecule has 2 radical (unpaired) electrons. The predicted octanol–water partition coefficient (Wildman–Crippen LogP) is 4.96. The molecule has 148 valence electrons. The smallest absolute Gasteiger partial charge is 0.413 e. The molecule has 1 heterocycles. The van der Waals surface area contributed by atoms with E-state index in [9.17, 15) is 39.5 Å². The molecule has 0 saturated carbocycles. The first kappa shape index (κ1) is 22.9. The van der Waals surface area contributed by atoms with Crippen LogP contribution in [0, 0.1) is 0 Å². The zero-order valence-corrected chi connectivity index (χ0v) is 15.9. The summed E-state index contributed by atoms with van der Waals surface area (Å²) < 4.78 is 128. The highest BCUT2D eigenvalue weighted by Crippen LogP contribution is 2.39. The van der Waals surface area contributed by atoms with E-state index in [-0.39, 0.29) is 0 Å². The van der Waals surface area contributed by atoms with Crippen molar-refractivity contribution in [2.24, 2.45) is 0 Å². The Balaban J connectivity index is 2.88. The van der Waals surface area contributed by atoms with E-state index in [0.717, 1.165) is 0 Å². The Labute approximate surface area is 142 Å². The van der Waals surface area contributed by atoms with Gasteiger partial charge in [-0.2, -0.15) is 39.5 Å². The van der Waals surface area contributed by atoms with Crippen molar-refractivity contribution >= 4 is 27.1 Å². The van der Waals surface area contributed by atoms with Gasteiger partial charge in [-0.25, -0.2) is 0 Å². The number of alkyl halides is 9. The van der Waals surface area contributed by atoms with E-state index < -0.39 is 83.1 Å². The normalized spacial score (nSPS) is 25.2. The first-order valence-electron chi connectivity index (χ1n) is 7.05. The van der Waals surface area contributed by atoms with Crippen LogP contribution in [0.3, 0.4) is 0 Å². The third kappa shape index (κ3) is 9.41. The van der Waals surface area contributed by atoms with Gasteiger partial charge < -0.3 is 12.3 Å². The molecule has 15 heteroatoms. The molecular formula is C10H15F9O3Si3. The largest absolute Gasteiger partial charge is 0.415 e. The maximum absolute atomic E-state index is 12.5. The van der Waals surface area contributed by atoms with Crippen LogP contribution in [0.2, 0.25) is 24.7 Å². The number of rotatable bonds is 6. The van der Waals surface area contributed by atoms with Gasteiger partial charge in [-0.15, -0.1) is 0 Å². The number of halogens is 9. The average molecular weight is 438 g/mol. The Bertz CT molecular complexity index is 422. The minimum atomic E-state index is -4.64. The highest BCUT2D eigenvalue weighted by Gasteiger charge is 2.53. The molecule has 1 rings (SSSR count). The average Bonchev–Trinajstić information content (AvgIpc) is 2.39. The van der Waals surface area contributed by atoms with E-state index in [0.29, 0.717) is 0 Å². The molecule has 0 aromatic rings. The van der Waals surface area contributed by atoms with Gasteiger partial charge in [0.1, 0.15) is 0 Å². The van der Waals surface area contributed by atoms with E-state index in [2.05, 4.69) is 0 Å². The van der Waals surface area contributed by atoms with Crippen LogP contribution in [0.4, 0.5) is 39.5 Å². The molecule has 3 nitrogen and oxygen atoms in total. The maximum Gasteiger partial charge on any atom is 0.413 e. The van der Waals surface area contributed by atoms with Gasteiger partial charge in [0.15, 0.2) is 0 Å². The minimum absolute atomic E-state index is 0.611. The quantitative estimate of drug-likeness (QED) is 0.434. The fourth-order valence-electron chi connectivity index (χ4n) is 2.08. The van der Waals surface area contributed by atoms with Crippen molar-refractivity contribution in [3.63, 3.8) is 0 Å². The summed E-state index contributed by atoms with van der Waals surface area (Å²) in [5, 5.41) is 0. The van der Waals surface area contributed by atoms with Crippen LogP contribution < -0.4 is 0 Å². The van der Waals surface area contributed by atoms with Crippen LogP contribution in [-0.4, -0.2) is 45.7 Å². The van der Waals surface area contributed by atoms with E-state index in [4.69, 9.17) is 12.3 Å². The lowest BCUT2D eigenvalue weighted by molar-refractivity contribution is -0.133. The maximum atomic E-state index is 12.5. The Morgan fingerprint density at radius 1 is 0.680 bits per heavy atom. The lowest BCUT2D eigenvalue weighted by Crippen LogP contribution is -2.60. The Kier molecular flexibility index (Phi) is 7.22. The van der Waals surface area contributed by atoms with Crippen LogP contribution in [0.1, 0.15) is 19.3 Å². The zero-order chi connectivity index (χ0) is 19.6. The van der Waals surface area contributed by atoms with Gasteiger partial charge in [-0.05, 0) is 24.7 Å². The highest BCUT2D eigenvalue weighted by molar-refractivity contribution is 6.86. The summed E-state index contributed by atoms with van der Waals surface area (Å²) >= 11 is 0. The Morgan fingerprint density at radius 3 is 1.48 bits per heavy atom. The van der Waals surface area contributed by atoms with Gasteiger partial charge in [0.05, 0.1) is 0 Å². The summed E-state index contributed by atoms with van der Waals surface area (Å²) in [4.78, 5) is 0. The van der Waals surface area contributed by atoms with Crippen molar-refractivity contribution in [3.8, 4) is 0 Å². The fourth-order valence-corrected chi connectivity index (χ4v) is 12.9. The second kappa shape index (κ2) is 7.87. The van der Waals surface area contributed by atoms with Crippen LogP contribution in [-0.2, 0) is 12.3 Å².